The highest BCUT2D eigenvalue weighted by molar-refractivity contribution is 5.23. The Bertz CT molecular complexity index is 345. The minimum absolute atomic E-state index is 0.162. The number of hydrogen-bond acceptors (Lipinski definition) is 3. The maximum Gasteiger partial charge on any atom is 0.0522 e. The van der Waals surface area contributed by atoms with E-state index < -0.39 is 0 Å². The maximum atomic E-state index is 4.20. The molecule has 2 heterocycles. The van der Waals surface area contributed by atoms with Crippen LogP contribution in [0.4, 0.5) is 0 Å². The molecule has 1 fully saturated rings. The van der Waals surface area contributed by atoms with E-state index in [4.69, 9.17) is 0 Å². The lowest BCUT2D eigenvalue weighted by atomic mass is 9.89. The number of aromatic amines is 1. The third-order valence-electron chi connectivity index (χ3n) is 3.37. The summed E-state index contributed by atoms with van der Waals surface area (Å²) >= 11 is 0. The Labute approximate surface area is 104 Å². The van der Waals surface area contributed by atoms with Gasteiger partial charge < -0.3 is 10.2 Å². The number of aromatic nitrogens is 2. The van der Waals surface area contributed by atoms with Crippen LogP contribution in [0.2, 0.25) is 0 Å². The van der Waals surface area contributed by atoms with E-state index in [0.717, 1.165) is 26.1 Å². The van der Waals surface area contributed by atoms with E-state index in [-0.39, 0.29) is 5.41 Å². The second-order valence-corrected chi connectivity index (χ2v) is 5.86. The van der Waals surface area contributed by atoms with Gasteiger partial charge in [0.15, 0.2) is 0 Å². The molecule has 4 nitrogen and oxygen atoms in total. The van der Waals surface area contributed by atoms with Crippen LogP contribution in [0.5, 0.6) is 0 Å². The summed E-state index contributed by atoms with van der Waals surface area (Å²) in [6.45, 7) is 12.4. The average Bonchev–Trinajstić information content (AvgIpc) is 2.75. The second-order valence-electron chi connectivity index (χ2n) is 5.86. The number of nitrogens with zero attached hydrogens (tertiary/aromatic N) is 2. The summed E-state index contributed by atoms with van der Waals surface area (Å²) in [5, 5.41) is 10.7. The smallest absolute Gasteiger partial charge is 0.0522 e. The van der Waals surface area contributed by atoms with E-state index >= 15 is 0 Å². The summed E-state index contributed by atoms with van der Waals surface area (Å²) in [5.41, 5.74) is 2.82. The molecule has 0 spiro atoms. The van der Waals surface area contributed by atoms with Gasteiger partial charge in [0.2, 0.25) is 0 Å². The first-order valence-corrected chi connectivity index (χ1v) is 6.53. The number of piperazine rings is 1. The van der Waals surface area contributed by atoms with Crippen molar-refractivity contribution in [1.82, 2.24) is 20.4 Å². The Morgan fingerprint density at radius 1 is 1.29 bits per heavy atom. The second kappa shape index (κ2) is 5.19. The molecule has 96 valence electrons. The van der Waals surface area contributed by atoms with Gasteiger partial charge in [0, 0.05) is 43.8 Å². The predicted molar refractivity (Wildman–Crippen MR) is 70.3 cm³/mol. The number of H-pyrrole nitrogens is 1. The molecule has 1 saturated heterocycles. The molecule has 0 bridgehead atoms. The lowest BCUT2D eigenvalue weighted by Gasteiger charge is -2.27. The Kier molecular flexibility index (Phi) is 3.84. The molecule has 0 atom stereocenters. The Balaban J connectivity index is 1.92. The van der Waals surface area contributed by atoms with Crippen LogP contribution in [0.25, 0.3) is 0 Å². The highest BCUT2D eigenvalue weighted by atomic mass is 15.2. The summed E-state index contributed by atoms with van der Waals surface area (Å²) in [6.07, 6.45) is 3.09. The summed E-state index contributed by atoms with van der Waals surface area (Å²) in [5.74, 6) is 0. The monoisotopic (exact) mass is 236 g/mol. The largest absolute Gasteiger partial charge is 0.314 e. The van der Waals surface area contributed by atoms with Gasteiger partial charge in [0.25, 0.3) is 0 Å². The van der Waals surface area contributed by atoms with Crippen LogP contribution in [0.3, 0.4) is 0 Å². The SMILES string of the molecule is CC(C)(C)c1[nH]ncc1CCN1CCNCC1. The van der Waals surface area contributed by atoms with Crippen LogP contribution >= 0.6 is 0 Å². The Morgan fingerprint density at radius 2 is 2.00 bits per heavy atom. The third kappa shape index (κ3) is 3.30. The minimum atomic E-state index is 0.162. The maximum absolute atomic E-state index is 4.20. The van der Waals surface area contributed by atoms with Crippen LogP contribution in [0.1, 0.15) is 32.0 Å². The van der Waals surface area contributed by atoms with Gasteiger partial charge >= 0.3 is 0 Å². The zero-order valence-electron chi connectivity index (χ0n) is 11.2. The van der Waals surface area contributed by atoms with Gasteiger partial charge in [-0.05, 0) is 12.0 Å². The van der Waals surface area contributed by atoms with Crippen molar-refractivity contribution in [3.8, 4) is 0 Å². The molecule has 0 saturated carbocycles. The standard InChI is InChI=1S/C13H24N4/c1-13(2,3)12-11(10-15-16-12)4-7-17-8-5-14-6-9-17/h10,14H,4-9H2,1-3H3,(H,15,16). The van der Waals surface area contributed by atoms with Crippen LogP contribution in [-0.4, -0.2) is 47.8 Å². The molecule has 1 aromatic heterocycles. The van der Waals surface area contributed by atoms with Crippen molar-refractivity contribution < 1.29 is 0 Å². The van der Waals surface area contributed by atoms with E-state index in [1.165, 1.54) is 24.3 Å². The molecule has 0 aromatic carbocycles. The molecular weight excluding hydrogens is 212 g/mol. The normalized spacial score (nSPS) is 18.5. The van der Waals surface area contributed by atoms with Gasteiger partial charge in [-0.25, -0.2) is 0 Å². The molecule has 0 amide bonds. The van der Waals surface area contributed by atoms with Crippen molar-refractivity contribution in [3.05, 3.63) is 17.5 Å². The number of rotatable bonds is 3. The topological polar surface area (TPSA) is 44.0 Å². The molecule has 17 heavy (non-hydrogen) atoms. The first-order valence-electron chi connectivity index (χ1n) is 6.53. The molecule has 2 N–H and O–H groups in total. The summed E-state index contributed by atoms with van der Waals surface area (Å²) < 4.78 is 0. The van der Waals surface area contributed by atoms with E-state index in [9.17, 15) is 0 Å². The van der Waals surface area contributed by atoms with E-state index in [1.54, 1.807) is 0 Å². The predicted octanol–water partition coefficient (Wildman–Crippen LogP) is 1.15. The van der Waals surface area contributed by atoms with Crippen LogP contribution < -0.4 is 5.32 Å². The van der Waals surface area contributed by atoms with Crippen LogP contribution in [0.15, 0.2) is 6.20 Å². The fourth-order valence-electron chi connectivity index (χ4n) is 2.36. The molecule has 2 rings (SSSR count). The molecule has 1 aromatic rings. The first-order chi connectivity index (χ1) is 8.07. The Hall–Kier alpha value is -0.870. The summed E-state index contributed by atoms with van der Waals surface area (Å²) in [6, 6.07) is 0. The fraction of sp³-hybridized carbons (Fsp3) is 0.769. The highest BCUT2D eigenvalue weighted by Gasteiger charge is 2.20. The first kappa shape index (κ1) is 12.6. The highest BCUT2D eigenvalue weighted by Crippen LogP contribution is 2.23. The lowest BCUT2D eigenvalue weighted by Crippen LogP contribution is -2.44. The van der Waals surface area contributed by atoms with Crippen molar-refractivity contribution in [2.75, 3.05) is 32.7 Å². The zero-order valence-corrected chi connectivity index (χ0v) is 11.2. The van der Waals surface area contributed by atoms with Crippen molar-refractivity contribution in [1.29, 1.82) is 0 Å². The molecule has 0 radical (unpaired) electrons. The van der Waals surface area contributed by atoms with Gasteiger partial charge in [0.1, 0.15) is 0 Å². The van der Waals surface area contributed by atoms with Crippen molar-refractivity contribution in [2.24, 2.45) is 0 Å². The molecular formula is C13H24N4. The third-order valence-corrected chi connectivity index (χ3v) is 3.37. The average molecular weight is 236 g/mol. The van der Waals surface area contributed by atoms with E-state index in [0.29, 0.717) is 0 Å². The van der Waals surface area contributed by atoms with Crippen LogP contribution in [0, 0.1) is 0 Å². The molecule has 1 aliphatic heterocycles. The summed E-state index contributed by atoms with van der Waals surface area (Å²) in [4.78, 5) is 2.52. The molecule has 1 aliphatic rings. The van der Waals surface area contributed by atoms with Crippen molar-refractivity contribution in [2.45, 2.75) is 32.6 Å². The van der Waals surface area contributed by atoms with E-state index in [1.807, 2.05) is 6.20 Å². The van der Waals surface area contributed by atoms with Crippen molar-refractivity contribution >= 4 is 0 Å². The number of hydrogen-bond donors (Lipinski definition) is 2. The minimum Gasteiger partial charge on any atom is -0.314 e. The molecule has 0 aliphatic carbocycles. The van der Waals surface area contributed by atoms with E-state index in [2.05, 4.69) is 41.2 Å². The summed E-state index contributed by atoms with van der Waals surface area (Å²) in [7, 11) is 0. The van der Waals surface area contributed by atoms with Crippen molar-refractivity contribution in [3.63, 3.8) is 0 Å². The van der Waals surface area contributed by atoms with Crippen LogP contribution in [-0.2, 0) is 11.8 Å². The van der Waals surface area contributed by atoms with Gasteiger partial charge in [-0.1, -0.05) is 20.8 Å². The molecule has 0 unspecified atom stereocenters. The van der Waals surface area contributed by atoms with Gasteiger partial charge in [-0.15, -0.1) is 0 Å². The lowest BCUT2D eigenvalue weighted by molar-refractivity contribution is 0.243. The Morgan fingerprint density at radius 3 is 2.65 bits per heavy atom. The van der Waals surface area contributed by atoms with Gasteiger partial charge in [0.05, 0.1) is 6.20 Å². The van der Waals surface area contributed by atoms with Gasteiger partial charge in [-0.2, -0.15) is 5.10 Å². The fourth-order valence-corrected chi connectivity index (χ4v) is 2.36. The molecule has 4 heteroatoms. The quantitative estimate of drug-likeness (QED) is 0.827. The number of nitrogens with one attached hydrogen (secondary N) is 2. The van der Waals surface area contributed by atoms with Gasteiger partial charge in [-0.3, -0.25) is 5.10 Å². The zero-order chi connectivity index (χ0) is 12.3.